The predicted octanol–water partition coefficient (Wildman–Crippen LogP) is 1.67. The highest BCUT2D eigenvalue weighted by molar-refractivity contribution is 5.79. The number of aromatic nitrogens is 2. The van der Waals surface area contributed by atoms with Crippen LogP contribution in [0.25, 0.3) is 0 Å². The summed E-state index contributed by atoms with van der Waals surface area (Å²) in [5, 5.41) is 6.70. The summed E-state index contributed by atoms with van der Waals surface area (Å²) in [4.78, 5) is 14.4. The Morgan fingerprint density at radius 1 is 1.52 bits per heavy atom. The number of methoxy groups -OCH3 is 1. The van der Waals surface area contributed by atoms with Crippen molar-refractivity contribution in [1.82, 2.24) is 15.1 Å². The highest BCUT2D eigenvalue weighted by atomic mass is 16.5. The quantitative estimate of drug-likeness (QED) is 0.911. The molecule has 3 rings (SSSR count). The Morgan fingerprint density at radius 2 is 2.39 bits per heavy atom. The van der Waals surface area contributed by atoms with Crippen LogP contribution in [0.4, 0.5) is 0 Å². The van der Waals surface area contributed by atoms with Gasteiger partial charge >= 0.3 is 0 Å². The van der Waals surface area contributed by atoms with Crippen molar-refractivity contribution in [2.24, 2.45) is 5.92 Å². The molecule has 1 aromatic heterocycles. The number of ether oxygens (including phenoxy) is 2. The maximum Gasteiger partial charge on any atom is 0.229 e. The average molecular weight is 315 g/mol. The van der Waals surface area contributed by atoms with Gasteiger partial charge in [0.2, 0.25) is 5.91 Å². The van der Waals surface area contributed by atoms with E-state index in [0.717, 1.165) is 29.0 Å². The van der Waals surface area contributed by atoms with E-state index in [0.29, 0.717) is 19.6 Å². The predicted molar refractivity (Wildman–Crippen MR) is 85.6 cm³/mol. The third kappa shape index (κ3) is 3.31. The van der Waals surface area contributed by atoms with Gasteiger partial charge in [0.1, 0.15) is 6.61 Å². The number of benzene rings is 1. The number of carbonyl (C=O) groups excluding carboxylic acids is 1. The van der Waals surface area contributed by atoms with Gasteiger partial charge in [-0.25, -0.2) is 0 Å². The Balaban J connectivity index is 1.62. The summed E-state index contributed by atoms with van der Waals surface area (Å²) in [5.41, 5.74) is 2.12. The molecule has 6 nitrogen and oxygen atoms in total. The topological polar surface area (TPSA) is 67.5 Å². The largest absolute Gasteiger partial charge is 0.493 e. The van der Waals surface area contributed by atoms with Crippen LogP contribution >= 0.6 is 0 Å². The second kappa shape index (κ2) is 6.73. The van der Waals surface area contributed by atoms with Gasteiger partial charge < -0.3 is 14.4 Å². The molecule has 0 aliphatic carbocycles. The second-order valence-corrected chi connectivity index (χ2v) is 5.78. The fourth-order valence-electron chi connectivity index (χ4n) is 2.85. The molecule has 0 saturated carbocycles. The van der Waals surface area contributed by atoms with Crippen LogP contribution in [0.2, 0.25) is 0 Å². The molecular formula is C17H21N3O3. The maximum atomic E-state index is 12.6. The van der Waals surface area contributed by atoms with E-state index < -0.39 is 0 Å². The van der Waals surface area contributed by atoms with Crippen molar-refractivity contribution in [1.29, 1.82) is 0 Å². The number of nitrogens with zero attached hydrogens (tertiary/aromatic N) is 2. The summed E-state index contributed by atoms with van der Waals surface area (Å²) < 4.78 is 11.1. The van der Waals surface area contributed by atoms with Crippen molar-refractivity contribution in [3.63, 3.8) is 0 Å². The van der Waals surface area contributed by atoms with E-state index in [4.69, 9.17) is 9.47 Å². The lowest BCUT2D eigenvalue weighted by Crippen LogP contribution is -2.39. The number of para-hydroxylation sites is 1. The normalized spacial score (nSPS) is 16.3. The van der Waals surface area contributed by atoms with Crippen LogP contribution < -0.4 is 9.47 Å². The van der Waals surface area contributed by atoms with Crippen molar-refractivity contribution >= 4 is 5.91 Å². The van der Waals surface area contributed by atoms with E-state index in [1.165, 1.54) is 0 Å². The molecule has 0 fully saturated rings. The Kier molecular flexibility index (Phi) is 4.50. The zero-order chi connectivity index (χ0) is 16.2. The van der Waals surface area contributed by atoms with Crippen molar-refractivity contribution in [3.05, 3.63) is 41.7 Å². The van der Waals surface area contributed by atoms with Gasteiger partial charge in [-0.3, -0.25) is 9.89 Å². The number of H-pyrrole nitrogens is 1. The van der Waals surface area contributed by atoms with Crippen LogP contribution in [-0.2, 0) is 17.6 Å². The number of likely N-dealkylation sites (N-methyl/N-ethyl adjacent to an activating group) is 1. The fourth-order valence-corrected chi connectivity index (χ4v) is 2.85. The number of rotatable bonds is 5. The summed E-state index contributed by atoms with van der Waals surface area (Å²) in [7, 11) is 3.46. The van der Waals surface area contributed by atoms with E-state index in [-0.39, 0.29) is 11.8 Å². The molecule has 122 valence electrons. The molecule has 2 aromatic rings. The molecule has 0 radical (unpaired) electrons. The maximum absolute atomic E-state index is 12.6. The number of fused-ring (bicyclic) bond motifs is 1. The average Bonchev–Trinajstić information content (AvgIpc) is 3.11. The van der Waals surface area contributed by atoms with E-state index in [1.54, 1.807) is 18.2 Å². The molecule has 23 heavy (non-hydrogen) atoms. The molecule has 1 atom stereocenters. The molecule has 1 unspecified atom stereocenters. The minimum Gasteiger partial charge on any atom is -0.493 e. The molecule has 1 aliphatic heterocycles. The molecule has 1 aliphatic rings. The minimum absolute atomic E-state index is 0.113. The summed E-state index contributed by atoms with van der Waals surface area (Å²) in [5.74, 6) is 1.45. The first-order chi connectivity index (χ1) is 11.2. The van der Waals surface area contributed by atoms with Gasteiger partial charge in [0.25, 0.3) is 0 Å². The van der Waals surface area contributed by atoms with Gasteiger partial charge in [-0.15, -0.1) is 0 Å². The van der Waals surface area contributed by atoms with Gasteiger partial charge in [-0.05, 0) is 30.0 Å². The Morgan fingerprint density at radius 3 is 3.13 bits per heavy atom. The van der Waals surface area contributed by atoms with Crippen LogP contribution in [0.3, 0.4) is 0 Å². The minimum atomic E-state index is -0.149. The van der Waals surface area contributed by atoms with Crippen LogP contribution in [0.5, 0.6) is 11.5 Å². The van der Waals surface area contributed by atoms with Crippen molar-refractivity contribution < 1.29 is 14.3 Å². The van der Waals surface area contributed by atoms with E-state index >= 15 is 0 Å². The van der Waals surface area contributed by atoms with Crippen molar-refractivity contribution in [2.75, 3.05) is 27.3 Å². The van der Waals surface area contributed by atoms with Gasteiger partial charge in [-0.1, -0.05) is 12.1 Å². The fraction of sp³-hybridized carbons (Fsp3) is 0.412. The highest BCUT2D eigenvalue weighted by Gasteiger charge is 2.29. The van der Waals surface area contributed by atoms with Gasteiger partial charge in [0.05, 0.1) is 19.2 Å². The zero-order valence-electron chi connectivity index (χ0n) is 13.4. The Bertz CT molecular complexity index is 670. The molecule has 2 heterocycles. The van der Waals surface area contributed by atoms with Crippen molar-refractivity contribution in [2.45, 2.75) is 12.8 Å². The molecule has 1 amide bonds. The standard InChI is InChI=1S/C17H21N3O3/c1-20(7-6-12-9-18-19-10-12)17(21)14-8-13-4-3-5-15(22-2)16(13)23-11-14/h3-5,9-10,14H,6-8,11H2,1-2H3,(H,18,19). The first-order valence-electron chi connectivity index (χ1n) is 7.70. The molecule has 6 heteroatoms. The number of aromatic amines is 1. The van der Waals surface area contributed by atoms with E-state index in [2.05, 4.69) is 10.2 Å². The molecule has 0 bridgehead atoms. The lowest BCUT2D eigenvalue weighted by atomic mass is 9.95. The van der Waals surface area contributed by atoms with Crippen LogP contribution in [0, 0.1) is 5.92 Å². The van der Waals surface area contributed by atoms with E-state index in [1.807, 2.05) is 31.4 Å². The van der Waals surface area contributed by atoms with Gasteiger partial charge in [0, 0.05) is 19.8 Å². The first-order valence-corrected chi connectivity index (χ1v) is 7.70. The lowest BCUT2D eigenvalue weighted by Gasteiger charge is -2.29. The third-order valence-corrected chi connectivity index (χ3v) is 4.19. The molecule has 0 saturated heterocycles. The first kappa shape index (κ1) is 15.4. The number of nitrogens with one attached hydrogen (secondary N) is 1. The molecule has 1 aromatic carbocycles. The van der Waals surface area contributed by atoms with Crippen LogP contribution in [0.1, 0.15) is 11.1 Å². The summed E-state index contributed by atoms with van der Waals surface area (Å²) in [6, 6.07) is 5.79. The molecule has 0 spiro atoms. The Labute approximate surface area is 135 Å². The smallest absolute Gasteiger partial charge is 0.229 e. The summed E-state index contributed by atoms with van der Waals surface area (Å²) in [6.45, 7) is 1.06. The highest BCUT2D eigenvalue weighted by Crippen LogP contribution is 2.36. The molecule has 1 N–H and O–H groups in total. The van der Waals surface area contributed by atoms with Crippen LogP contribution in [0.15, 0.2) is 30.6 Å². The van der Waals surface area contributed by atoms with Gasteiger partial charge in [-0.2, -0.15) is 5.10 Å². The number of hydrogen-bond donors (Lipinski definition) is 1. The SMILES string of the molecule is COc1cccc2c1OCC(C(=O)N(C)CCc1cn[nH]c1)C2. The zero-order valence-corrected chi connectivity index (χ0v) is 13.4. The number of hydrogen-bond acceptors (Lipinski definition) is 4. The lowest BCUT2D eigenvalue weighted by molar-refractivity contribution is -0.135. The summed E-state index contributed by atoms with van der Waals surface area (Å²) >= 11 is 0. The van der Waals surface area contributed by atoms with Crippen molar-refractivity contribution in [3.8, 4) is 11.5 Å². The number of carbonyl (C=O) groups is 1. The number of amides is 1. The molecular weight excluding hydrogens is 294 g/mol. The third-order valence-electron chi connectivity index (χ3n) is 4.19. The van der Waals surface area contributed by atoms with E-state index in [9.17, 15) is 4.79 Å². The Hall–Kier alpha value is -2.50. The van der Waals surface area contributed by atoms with Crippen LogP contribution in [-0.4, -0.2) is 48.3 Å². The monoisotopic (exact) mass is 315 g/mol. The second-order valence-electron chi connectivity index (χ2n) is 5.78. The summed E-state index contributed by atoms with van der Waals surface area (Å²) in [6.07, 6.45) is 5.10. The van der Waals surface area contributed by atoms with Gasteiger partial charge in [0.15, 0.2) is 11.5 Å².